The molecule has 3 heteroatoms. The number of ketones is 1. The quantitative estimate of drug-likeness (QED) is 0.601. The number of carbonyl (C=O) groups is 1. The molecule has 5 unspecified atom stereocenters. The van der Waals surface area contributed by atoms with Crippen LogP contribution in [-0.2, 0) is 4.79 Å². The number of fused-ring (bicyclic) bond motifs is 5. The Morgan fingerprint density at radius 1 is 1.10 bits per heavy atom. The molecule has 4 saturated carbocycles. The third-order valence-electron chi connectivity index (χ3n) is 11.2. The number of Topliss-reactive ketones (excluding diaryl/α,β-unsaturated/α-hetero) is 1. The van der Waals surface area contributed by atoms with Gasteiger partial charge in [0.05, 0.1) is 12.2 Å². The van der Waals surface area contributed by atoms with Crippen molar-refractivity contribution in [3.63, 3.8) is 0 Å². The summed E-state index contributed by atoms with van der Waals surface area (Å²) in [6.07, 6.45) is 9.88. The van der Waals surface area contributed by atoms with E-state index < -0.39 is 0 Å². The van der Waals surface area contributed by atoms with Crippen LogP contribution in [0.15, 0.2) is 0 Å². The summed E-state index contributed by atoms with van der Waals surface area (Å²) in [6.45, 7) is 11.8. The van der Waals surface area contributed by atoms with E-state index in [1.807, 2.05) is 0 Å². The molecule has 10 atom stereocenters. The predicted molar refractivity (Wildman–Crippen MR) is 119 cm³/mol. The average Bonchev–Trinajstić information content (AvgIpc) is 3.04. The highest BCUT2D eigenvalue weighted by Gasteiger charge is 2.68. The van der Waals surface area contributed by atoms with Crippen LogP contribution in [0.25, 0.3) is 0 Å². The Morgan fingerprint density at radius 2 is 1.83 bits per heavy atom. The number of aliphatic hydroxyl groups excluding tert-OH is 1. The second-order valence-electron chi connectivity index (χ2n) is 12.3. The summed E-state index contributed by atoms with van der Waals surface area (Å²) < 4.78 is 0. The van der Waals surface area contributed by atoms with Crippen molar-refractivity contribution in [3.8, 4) is 6.07 Å². The fraction of sp³-hybridized carbons (Fsp3) is 0.926. The number of rotatable bonds is 4. The van der Waals surface area contributed by atoms with Gasteiger partial charge in [0.1, 0.15) is 5.78 Å². The number of carbonyl (C=O) groups excluding carboxylic acids is 1. The first-order valence-corrected chi connectivity index (χ1v) is 12.7. The maximum Gasteiger partial charge on any atom is 0.140 e. The molecular weight excluding hydrogens is 370 g/mol. The van der Waals surface area contributed by atoms with Gasteiger partial charge < -0.3 is 5.11 Å². The van der Waals surface area contributed by atoms with E-state index in [9.17, 15) is 15.2 Å². The first kappa shape index (κ1) is 22.3. The molecule has 0 saturated heterocycles. The van der Waals surface area contributed by atoms with Crippen LogP contribution >= 0.6 is 0 Å². The van der Waals surface area contributed by atoms with Crippen molar-refractivity contribution in [2.75, 3.05) is 0 Å². The van der Waals surface area contributed by atoms with Gasteiger partial charge in [0.15, 0.2) is 0 Å². The van der Waals surface area contributed by atoms with E-state index in [1.165, 1.54) is 12.8 Å². The molecule has 30 heavy (non-hydrogen) atoms. The zero-order chi connectivity index (χ0) is 21.9. The van der Waals surface area contributed by atoms with Crippen LogP contribution in [0.2, 0.25) is 0 Å². The number of nitriles is 1. The van der Waals surface area contributed by atoms with E-state index in [0.717, 1.165) is 44.9 Å². The van der Waals surface area contributed by atoms with Gasteiger partial charge >= 0.3 is 0 Å². The normalized spacial score (nSPS) is 51.4. The van der Waals surface area contributed by atoms with Gasteiger partial charge in [-0.2, -0.15) is 5.26 Å². The second kappa shape index (κ2) is 7.61. The lowest BCUT2D eigenvalue weighted by atomic mass is 9.37. The lowest BCUT2D eigenvalue weighted by molar-refractivity contribution is -0.200. The van der Waals surface area contributed by atoms with Crippen molar-refractivity contribution in [2.45, 2.75) is 105 Å². The minimum atomic E-state index is -0.247. The van der Waals surface area contributed by atoms with Crippen LogP contribution in [0.1, 0.15) is 98.8 Å². The molecule has 4 fully saturated rings. The highest BCUT2D eigenvalue weighted by molar-refractivity contribution is 5.86. The van der Waals surface area contributed by atoms with E-state index in [-0.39, 0.29) is 34.2 Å². The summed E-state index contributed by atoms with van der Waals surface area (Å²) in [6, 6.07) is 2.41. The third kappa shape index (κ3) is 2.88. The van der Waals surface area contributed by atoms with Gasteiger partial charge in [-0.15, -0.1) is 0 Å². The van der Waals surface area contributed by atoms with Crippen LogP contribution in [0.4, 0.5) is 0 Å². The van der Waals surface area contributed by atoms with Crippen LogP contribution in [0, 0.1) is 63.1 Å². The Labute approximate surface area is 184 Å². The van der Waals surface area contributed by atoms with Gasteiger partial charge in [-0.1, -0.05) is 41.0 Å². The zero-order valence-electron chi connectivity index (χ0n) is 19.9. The standard InChI is InChI=1S/C27H43NO2/c1-6-7-22-24(30)23-20-9-8-19(17(2)12-15-28)25(20,3)13-11-21(23)26(4)14-10-18(29)16-27(22,26)5/h17-23,29H,6-14,16H2,1-5H3/t17-,18?,19?,20?,21?,22-,23?,25-,26-,27+/m1/s1. The van der Waals surface area contributed by atoms with Crippen molar-refractivity contribution in [3.05, 3.63) is 0 Å². The Balaban J connectivity index is 1.73. The van der Waals surface area contributed by atoms with Crippen molar-refractivity contribution < 1.29 is 9.90 Å². The fourth-order valence-corrected chi connectivity index (χ4v) is 9.53. The number of hydrogen-bond acceptors (Lipinski definition) is 3. The molecule has 0 bridgehead atoms. The van der Waals surface area contributed by atoms with Crippen molar-refractivity contribution in [2.24, 2.45) is 51.8 Å². The summed E-state index contributed by atoms with van der Waals surface area (Å²) in [5, 5.41) is 19.9. The molecule has 0 aliphatic heterocycles. The molecule has 4 aliphatic rings. The minimum absolute atomic E-state index is 0.0707. The lowest BCUT2D eigenvalue weighted by Gasteiger charge is -2.67. The molecule has 0 spiro atoms. The Morgan fingerprint density at radius 3 is 2.50 bits per heavy atom. The number of hydrogen-bond donors (Lipinski definition) is 1. The maximum absolute atomic E-state index is 14.2. The van der Waals surface area contributed by atoms with E-state index in [1.54, 1.807) is 0 Å². The molecule has 0 aromatic heterocycles. The van der Waals surface area contributed by atoms with Crippen molar-refractivity contribution in [1.29, 1.82) is 5.26 Å². The first-order chi connectivity index (χ1) is 14.1. The van der Waals surface area contributed by atoms with Gasteiger partial charge in [0.25, 0.3) is 0 Å². The summed E-state index contributed by atoms with van der Waals surface area (Å²) in [5.41, 5.74) is 0.295. The van der Waals surface area contributed by atoms with Crippen molar-refractivity contribution in [1.82, 2.24) is 0 Å². The number of aliphatic hydroxyl groups is 1. The molecule has 0 aromatic rings. The summed E-state index contributed by atoms with van der Waals surface area (Å²) in [4.78, 5) is 14.2. The maximum atomic E-state index is 14.2. The molecule has 0 aromatic carbocycles. The van der Waals surface area contributed by atoms with Gasteiger partial charge in [-0.3, -0.25) is 4.79 Å². The first-order valence-electron chi connectivity index (χ1n) is 12.7. The molecule has 3 nitrogen and oxygen atoms in total. The summed E-state index contributed by atoms with van der Waals surface area (Å²) >= 11 is 0. The van der Waals surface area contributed by atoms with Gasteiger partial charge in [-0.05, 0) is 91.3 Å². The van der Waals surface area contributed by atoms with E-state index in [4.69, 9.17) is 0 Å². The Kier molecular flexibility index (Phi) is 5.66. The average molecular weight is 414 g/mol. The minimum Gasteiger partial charge on any atom is -0.393 e. The largest absolute Gasteiger partial charge is 0.393 e. The van der Waals surface area contributed by atoms with E-state index >= 15 is 0 Å². The third-order valence-corrected chi connectivity index (χ3v) is 11.2. The topological polar surface area (TPSA) is 61.1 Å². The van der Waals surface area contributed by atoms with Crippen LogP contribution in [0.5, 0.6) is 0 Å². The molecule has 1 N–H and O–H groups in total. The van der Waals surface area contributed by atoms with Gasteiger partial charge in [0, 0.05) is 18.3 Å². The SMILES string of the molecule is CCC[C@@H]1C(=O)C2C3CCC([C@H](C)CC#N)[C@@]3(C)CCC2[C@@]2(C)CCC(O)C[C@@]12C. The molecule has 0 amide bonds. The predicted octanol–water partition coefficient (Wildman–Crippen LogP) is 6.15. The number of nitrogens with zero attached hydrogens (tertiary/aromatic N) is 1. The second-order valence-corrected chi connectivity index (χ2v) is 12.3. The Hall–Kier alpha value is -0.880. The molecule has 168 valence electrons. The molecular formula is C27H43NO2. The monoisotopic (exact) mass is 413 g/mol. The zero-order valence-corrected chi connectivity index (χ0v) is 19.9. The summed E-state index contributed by atoms with van der Waals surface area (Å²) in [5.74, 6) is 2.81. The fourth-order valence-electron chi connectivity index (χ4n) is 9.53. The summed E-state index contributed by atoms with van der Waals surface area (Å²) in [7, 11) is 0. The molecule has 4 rings (SSSR count). The van der Waals surface area contributed by atoms with Crippen LogP contribution < -0.4 is 0 Å². The van der Waals surface area contributed by atoms with Crippen LogP contribution in [0.3, 0.4) is 0 Å². The van der Waals surface area contributed by atoms with Gasteiger partial charge in [0.2, 0.25) is 0 Å². The highest BCUT2D eigenvalue weighted by Crippen LogP contribution is 2.72. The molecule has 0 radical (unpaired) electrons. The van der Waals surface area contributed by atoms with Crippen molar-refractivity contribution >= 4 is 5.78 Å². The smallest absolute Gasteiger partial charge is 0.140 e. The Bertz CT molecular complexity index is 727. The van der Waals surface area contributed by atoms with Gasteiger partial charge in [-0.25, -0.2) is 0 Å². The van der Waals surface area contributed by atoms with Crippen LogP contribution in [-0.4, -0.2) is 17.0 Å². The highest BCUT2D eigenvalue weighted by atomic mass is 16.3. The lowest BCUT2D eigenvalue weighted by Crippen LogP contribution is -2.65. The molecule has 4 aliphatic carbocycles. The van der Waals surface area contributed by atoms with E-state index in [0.29, 0.717) is 35.9 Å². The molecule has 0 heterocycles. The van der Waals surface area contributed by atoms with E-state index in [2.05, 4.69) is 40.7 Å².